The van der Waals surface area contributed by atoms with Gasteiger partial charge >= 0.3 is 11.9 Å². The first-order valence-electron chi connectivity index (χ1n) is 10.7. The maximum absolute atomic E-state index is 11.1. The normalized spacial score (nSPS) is 9.78. The van der Waals surface area contributed by atoms with Crippen LogP contribution in [0.15, 0.2) is 42.5 Å². The van der Waals surface area contributed by atoms with Gasteiger partial charge in [0, 0.05) is 12.8 Å². The van der Waals surface area contributed by atoms with Gasteiger partial charge in [-0.2, -0.15) is 5.26 Å². The van der Waals surface area contributed by atoms with Crippen molar-refractivity contribution in [2.75, 3.05) is 13.2 Å². The molecule has 0 aromatic heterocycles. The molecule has 0 amide bonds. The van der Waals surface area contributed by atoms with Crippen LogP contribution >= 0.6 is 0 Å². The molecule has 2 rings (SSSR count). The molecule has 32 heavy (non-hydrogen) atoms. The number of nitriles is 1. The molecule has 0 unspecified atom stereocenters. The van der Waals surface area contributed by atoms with E-state index in [9.17, 15) is 14.7 Å². The number of phenolic OH excluding ortho intramolecular Hbond substituents is 2. The van der Waals surface area contributed by atoms with E-state index >= 15 is 0 Å². The molecule has 2 N–H and O–H groups in total. The summed E-state index contributed by atoms with van der Waals surface area (Å²) >= 11 is 0. The molecule has 0 aliphatic carbocycles. The summed E-state index contributed by atoms with van der Waals surface area (Å²) in [5, 5.41) is 27.1. The molecule has 0 atom stereocenters. The molecular formula is C25H31NO6. The minimum absolute atomic E-state index is 0.0124. The van der Waals surface area contributed by atoms with Crippen LogP contribution < -0.4 is 0 Å². The van der Waals surface area contributed by atoms with Crippen LogP contribution in [0.5, 0.6) is 11.5 Å². The Morgan fingerprint density at radius 1 is 0.844 bits per heavy atom. The number of esters is 2. The van der Waals surface area contributed by atoms with E-state index in [2.05, 4.69) is 0 Å². The van der Waals surface area contributed by atoms with E-state index in [4.69, 9.17) is 19.8 Å². The fourth-order valence-corrected chi connectivity index (χ4v) is 2.83. The average Bonchev–Trinajstić information content (AvgIpc) is 2.77. The molecule has 2 aromatic rings. The highest BCUT2D eigenvalue weighted by atomic mass is 16.5. The zero-order valence-electron chi connectivity index (χ0n) is 18.7. The SMILES string of the molecule is CCOC(=O)CCCc1ccc(O)c(C#N)c1.CCOC(=O)CCCc1ccc(O)cc1. The van der Waals surface area contributed by atoms with Crippen LogP contribution in [0.4, 0.5) is 0 Å². The van der Waals surface area contributed by atoms with Crippen LogP contribution in [0, 0.1) is 11.3 Å². The van der Waals surface area contributed by atoms with Gasteiger partial charge in [-0.3, -0.25) is 9.59 Å². The summed E-state index contributed by atoms with van der Waals surface area (Å²) in [6.07, 6.45) is 3.80. The Bertz CT molecular complexity index is 886. The Kier molecular flexibility index (Phi) is 12.7. The van der Waals surface area contributed by atoms with E-state index in [0.717, 1.165) is 24.0 Å². The summed E-state index contributed by atoms with van der Waals surface area (Å²) in [4.78, 5) is 22.1. The number of hydrogen-bond acceptors (Lipinski definition) is 7. The zero-order valence-corrected chi connectivity index (χ0v) is 18.7. The highest BCUT2D eigenvalue weighted by molar-refractivity contribution is 5.69. The van der Waals surface area contributed by atoms with Crippen LogP contribution in [0.1, 0.15) is 56.2 Å². The number of ether oxygens (including phenoxy) is 2. The lowest BCUT2D eigenvalue weighted by Gasteiger charge is -2.03. The summed E-state index contributed by atoms with van der Waals surface area (Å²) in [6, 6.07) is 13.8. The van der Waals surface area contributed by atoms with Crippen molar-refractivity contribution in [3.05, 3.63) is 59.2 Å². The first-order valence-corrected chi connectivity index (χ1v) is 10.7. The van der Waals surface area contributed by atoms with Gasteiger partial charge in [-0.1, -0.05) is 18.2 Å². The lowest BCUT2D eigenvalue weighted by Crippen LogP contribution is -2.04. The van der Waals surface area contributed by atoms with Crippen molar-refractivity contribution in [3.8, 4) is 17.6 Å². The van der Waals surface area contributed by atoms with Gasteiger partial charge in [0.15, 0.2) is 0 Å². The lowest BCUT2D eigenvalue weighted by molar-refractivity contribution is -0.144. The van der Waals surface area contributed by atoms with Crippen molar-refractivity contribution in [1.29, 1.82) is 5.26 Å². The molecule has 0 aliphatic heterocycles. The van der Waals surface area contributed by atoms with Crippen LogP contribution in [-0.2, 0) is 31.9 Å². The maximum atomic E-state index is 11.1. The maximum Gasteiger partial charge on any atom is 0.305 e. The Balaban J connectivity index is 0.000000323. The van der Waals surface area contributed by atoms with E-state index in [0.29, 0.717) is 38.9 Å². The smallest absolute Gasteiger partial charge is 0.305 e. The Hall–Kier alpha value is -3.53. The highest BCUT2D eigenvalue weighted by Gasteiger charge is 2.05. The molecule has 0 aliphatic rings. The van der Waals surface area contributed by atoms with Crippen molar-refractivity contribution in [3.63, 3.8) is 0 Å². The number of aromatic hydroxyl groups is 2. The first-order chi connectivity index (χ1) is 15.4. The molecule has 0 fully saturated rings. The van der Waals surface area contributed by atoms with Crippen LogP contribution in [0.2, 0.25) is 0 Å². The van der Waals surface area contributed by atoms with Gasteiger partial charge in [0.2, 0.25) is 0 Å². The molecule has 0 radical (unpaired) electrons. The third-order valence-corrected chi connectivity index (χ3v) is 4.42. The lowest BCUT2D eigenvalue weighted by atomic mass is 10.1. The quantitative estimate of drug-likeness (QED) is 0.524. The average molecular weight is 442 g/mol. The molecule has 172 valence electrons. The summed E-state index contributed by atoms with van der Waals surface area (Å²) in [5.41, 5.74) is 2.32. The molecule has 0 spiro atoms. The number of carbonyl (C=O) groups is 2. The first kappa shape index (κ1) is 26.5. The van der Waals surface area contributed by atoms with E-state index in [1.165, 1.54) is 6.07 Å². The van der Waals surface area contributed by atoms with Crippen molar-refractivity contribution in [2.45, 2.75) is 52.4 Å². The molecule has 7 nitrogen and oxygen atoms in total. The van der Waals surface area contributed by atoms with Gasteiger partial charge in [0.1, 0.15) is 17.6 Å². The molecule has 2 aromatic carbocycles. The number of phenols is 2. The number of aryl methyl sites for hydroxylation is 2. The van der Waals surface area contributed by atoms with Gasteiger partial charge in [-0.05, 0) is 74.9 Å². The summed E-state index contributed by atoms with van der Waals surface area (Å²) in [5.74, 6) is -0.0890. The molecule has 0 bridgehead atoms. The summed E-state index contributed by atoms with van der Waals surface area (Å²) in [7, 11) is 0. The minimum atomic E-state index is -0.202. The third kappa shape index (κ3) is 11.0. The second-order valence-corrected chi connectivity index (χ2v) is 6.95. The predicted octanol–water partition coefficient (Wildman–Crippen LogP) is 4.43. The second kappa shape index (κ2) is 15.3. The number of hydrogen-bond donors (Lipinski definition) is 2. The summed E-state index contributed by atoms with van der Waals surface area (Å²) in [6.45, 7) is 4.42. The number of carbonyl (C=O) groups excluding carboxylic acids is 2. The van der Waals surface area contributed by atoms with Gasteiger partial charge in [-0.25, -0.2) is 0 Å². The second-order valence-electron chi connectivity index (χ2n) is 6.95. The van der Waals surface area contributed by atoms with E-state index in [1.54, 1.807) is 38.1 Å². The molecule has 0 heterocycles. The predicted molar refractivity (Wildman–Crippen MR) is 120 cm³/mol. The Morgan fingerprint density at radius 3 is 1.84 bits per heavy atom. The largest absolute Gasteiger partial charge is 0.508 e. The van der Waals surface area contributed by atoms with E-state index in [1.807, 2.05) is 18.2 Å². The highest BCUT2D eigenvalue weighted by Crippen LogP contribution is 2.18. The Morgan fingerprint density at radius 2 is 1.34 bits per heavy atom. The van der Waals surface area contributed by atoms with Gasteiger partial charge in [-0.15, -0.1) is 0 Å². The number of rotatable bonds is 10. The molecule has 0 saturated heterocycles. The topological polar surface area (TPSA) is 117 Å². The van der Waals surface area contributed by atoms with E-state index < -0.39 is 0 Å². The van der Waals surface area contributed by atoms with Gasteiger partial charge in [0.05, 0.1) is 18.8 Å². The van der Waals surface area contributed by atoms with E-state index in [-0.39, 0.29) is 29.0 Å². The monoisotopic (exact) mass is 441 g/mol. The van der Waals surface area contributed by atoms with Crippen LogP contribution in [-0.4, -0.2) is 35.4 Å². The van der Waals surface area contributed by atoms with Crippen molar-refractivity contribution < 1.29 is 29.3 Å². The fourth-order valence-electron chi connectivity index (χ4n) is 2.83. The number of benzene rings is 2. The molecule has 0 saturated carbocycles. The van der Waals surface area contributed by atoms with Crippen molar-refractivity contribution in [2.24, 2.45) is 0 Å². The molecule has 7 heteroatoms. The Labute approximate surface area is 189 Å². The van der Waals surface area contributed by atoms with Crippen molar-refractivity contribution in [1.82, 2.24) is 0 Å². The van der Waals surface area contributed by atoms with Gasteiger partial charge < -0.3 is 19.7 Å². The minimum Gasteiger partial charge on any atom is -0.508 e. The fraction of sp³-hybridized carbons (Fsp3) is 0.400. The summed E-state index contributed by atoms with van der Waals surface area (Å²) < 4.78 is 9.63. The number of nitrogens with zero attached hydrogens (tertiary/aromatic N) is 1. The molecular weight excluding hydrogens is 410 g/mol. The third-order valence-electron chi connectivity index (χ3n) is 4.42. The van der Waals surface area contributed by atoms with Crippen LogP contribution in [0.25, 0.3) is 0 Å². The van der Waals surface area contributed by atoms with Crippen LogP contribution in [0.3, 0.4) is 0 Å². The zero-order chi connectivity index (χ0) is 23.8. The van der Waals surface area contributed by atoms with Gasteiger partial charge in [0.25, 0.3) is 0 Å². The van der Waals surface area contributed by atoms with Crippen molar-refractivity contribution >= 4 is 11.9 Å². The standard InChI is InChI=1S/C13H15NO3.C12H16O3/c1-2-17-13(16)5-3-4-10-6-7-12(15)11(8-10)9-14;1-2-15-12(14)5-3-4-10-6-8-11(13)9-7-10/h6-8,15H,2-5H2,1H3;6-9,13H,2-5H2,1H3.